The van der Waals surface area contributed by atoms with Gasteiger partial charge in [-0.25, -0.2) is 15.0 Å². The van der Waals surface area contributed by atoms with E-state index in [1.807, 2.05) is 24.3 Å². The maximum absolute atomic E-state index is 6.82. The molecule has 0 fully saturated rings. The summed E-state index contributed by atoms with van der Waals surface area (Å²) in [5, 5.41) is 11.8. The molecule has 11 aromatic rings. The number of rotatable bonds is 3. The van der Waals surface area contributed by atoms with Crippen molar-refractivity contribution in [2.24, 2.45) is 0 Å². The van der Waals surface area contributed by atoms with E-state index in [9.17, 15) is 0 Å². The van der Waals surface area contributed by atoms with Gasteiger partial charge in [-0.15, -0.1) is 0 Å². The Balaban J connectivity index is 1.16. The fourth-order valence-electron chi connectivity index (χ4n) is 9.35. The van der Waals surface area contributed by atoms with E-state index in [0.717, 1.165) is 44.2 Å². The van der Waals surface area contributed by atoms with Gasteiger partial charge in [-0.05, 0) is 78.0 Å². The first kappa shape index (κ1) is 31.2. The number of aromatic nitrogens is 3. The molecule has 2 aromatic heterocycles. The minimum atomic E-state index is -0.252. The van der Waals surface area contributed by atoms with E-state index in [4.69, 9.17) is 19.4 Å². The Hall–Kier alpha value is -7.17. The summed E-state index contributed by atoms with van der Waals surface area (Å²) < 4.78 is 6.82. The van der Waals surface area contributed by atoms with Crippen LogP contribution in [0, 0.1) is 0 Å². The lowest BCUT2D eigenvalue weighted by Crippen LogP contribution is -2.15. The van der Waals surface area contributed by atoms with Crippen molar-refractivity contribution >= 4 is 65.0 Å². The van der Waals surface area contributed by atoms with Gasteiger partial charge in [0, 0.05) is 38.4 Å². The van der Waals surface area contributed by atoms with Crippen molar-refractivity contribution in [3.05, 3.63) is 175 Å². The summed E-state index contributed by atoms with van der Waals surface area (Å²) in [6.45, 7) is 4.60. The minimum Gasteiger partial charge on any atom is -0.455 e. The summed E-state index contributed by atoms with van der Waals surface area (Å²) in [4.78, 5) is 15.9. The van der Waals surface area contributed by atoms with Gasteiger partial charge in [-0.1, -0.05) is 159 Å². The number of fused-ring (bicyclic) bond motifs is 14. The van der Waals surface area contributed by atoms with Gasteiger partial charge in [0.25, 0.3) is 0 Å². The van der Waals surface area contributed by atoms with Crippen LogP contribution < -0.4 is 0 Å². The van der Waals surface area contributed by atoms with Crippen LogP contribution in [0.15, 0.2) is 168 Å². The third-order valence-electron chi connectivity index (χ3n) is 12.1. The van der Waals surface area contributed by atoms with Crippen LogP contribution in [0.4, 0.5) is 0 Å². The molecule has 12 rings (SSSR count). The average molecular weight is 716 g/mol. The summed E-state index contributed by atoms with van der Waals surface area (Å²) in [6.07, 6.45) is 0. The zero-order valence-electron chi connectivity index (χ0n) is 30.8. The highest BCUT2D eigenvalue weighted by Gasteiger charge is 2.39. The minimum absolute atomic E-state index is 0.252. The second-order valence-electron chi connectivity index (χ2n) is 15.5. The lowest BCUT2D eigenvalue weighted by Gasteiger charge is -2.22. The topological polar surface area (TPSA) is 51.8 Å². The van der Waals surface area contributed by atoms with E-state index in [0.29, 0.717) is 17.5 Å². The molecule has 0 N–H and O–H groups in total. The summed E-state index contributed by atoms with van der Waals surface area (Å²) in [6, 6.07) is 58.3. The molecule has 4 nitrogen and oxygen atoms in total. The molecule has 0 saturated carbocycles. The van der Waals surface area contributed by atoms with Crippen molar-refractivity contribution in [2.75, 3.05) is 0 Å². The monoisotopic (exact) mass is 715 g/mol. The first-order chi connectivity index (χ1) is 27.5. The first-order valence-corrected chi connectivity index (χ1v) is 19.2. The number of hydrogen-bond donors (Lipinski definition) is 0. The molecule has 4 heteroatoms. The maximum Gasteiger partial charge on any atom is 0.164 e. The smallest absolute Gasteiger partial charge is 0.164 e. The van der Waals surface area contributed by atoms with E-state index in [1.165, 1.54) is 59.8 Å². The van der Waals surface area contributed by atoms with E-state index >= 15 is 0 Å². The highest BCUT2D eigenvalue weighted by molar-refractivity contribution is 6.27. The predicted molar refractivity (Wildman–Crippen MR) is 231 cm³/mol. The molecule has 1 aliphatic carbocycles. The molecule has 0 aliphatic heterocycles. The molecule has 2 heterocycles. The quantitative estimate of drug-likeness (QED) is 0.171. The predicted octanol–water partition coefficient (Wildman–Crippen LogP) is 13.7. The first-order valence-electron chi connectivity index (χ1n) is 19.2. The Labute approximate surface area is 322 Å². The molecule has 262 valence electrons. The van der Waals surface area contributed by atoms with Gasteiger partial charge < -0.3 is 4.42 Å². The van der Waals surface area contributed by atoms with Crippen LogP contribution in [0.3, 0.4) is 0 Å². The van der Waals surface area contributed by atoms with Gasteiger partial charge in [0.1, 0.15) is 11.2 Å². The molecule has 0 spiro atoms. The molecule has 0 bridgehead atoms. The summed E-state index contributed by atoms with van der Waals surface area (Å²) in [5.74, 6) is 1.88. The van der Waals surface area contributed by atoms with Crippen LogP contribution in [-0.4, -0.2) is 15.0 Å². The van der Waals surface area contributed by atoms with Crippen molar-refractivity contribution in [1.29, 1.82) is 0 Å². The second-order valence-corrected chi connectivity index (χ2v) is 15.5. The molecule has 0 saturated heterocycles. The number of furan rings is 1. The molecule has 0 unspecified atom stereocenters. The molecule has 9 aromatic carbocycles. The van der Waals surface area contributed by atoms with Crippen molar-refractivity contribution < 1.29 is 4.42 Å². The number of para-hydroxylation sites is 1. The Morgan fingerprint density at radius 3 is 1.80 bits per heavy atom. The van der Waals surface area contributed by atoms with Crippen LogP contribution in [0.1, 0.15) is 25.0 Å². The van der Waals surface area contributed by atoms with Gasteiger partial charge >= 0.3 is 0 Å². The third-order valence-corrected chi connectivity index (χ3v) is 12.1. The van der Waals surface area contributed by atoms with E-state index in [2.05, 4.69) is 153 Å². The van der Waals surface area contributed by atoms with E-state index < -0.39 is 0 Å². The third kappa shape index (κ3) is 4.38. The Kier molecular flexibility index (Phi) is 6.37. The SMILES string of the molecule is CC1(C)c2ccccc2-c2c1cc(-c1nc(-c3ccccc3)nc(-c3ccc4ccc5ccc6ccc7ccccc7c6c5c4c3)n1)c1c2oc2ccccc21. The molecule has 0 amide bonds. The molecule has 56 heavy (non-hydrogen) atoms. The molecule has 0 radical (unpaired) electrons. The molecular formula is C52H33N3O. The average Bonchev–Trinajstić information content (AvgIpc) is 3.75. The summed E-state index contributed by atoms with van der Waals surface area (Å²) >= 11 is 0. The van der Waals surface area contributed by atoms with Crippen molar-refractivity contribution in [2.45, 2.75) is 19.3 Å². The zero-order chi connectivity index (χ0) is 37.1. The second kappa shape index (κ2) is 11.4. The van der Waals surface area contributed by atoms with Crippen molar-refractivity contribution in [3.8, 4) is 45.3 Å². The number of benzene rings is 9. The lowest BCUT2D eigenvalue weighted by atomic mass is 9.81. The highest BCUT2D eigenvalue weighted by Crippen LogP contribution is 2.54. The fourth-order valence-corrected chi connectivity index (χ4v) is 9.35. The standard InChI is InChI=1S/C52H33N3O/c1-52(2)41-18-10-8-16-37(41)47-42(52)29-40(46-38-17-9-11-19-43(38)56-48(46)47)51-54-49(34-13-4-3-5-14-34)53-50(55-51)35-27-22-31-21-24-33-26-25-32-23-20-30-12-6-7-15-36(30)44(32)45(33)39(31)28-35/h3-29H,1-2H3. The zero-order valence-corrected chi connectivity index (χ0v) is 30.8. The summed E-state index contributed by atoms with van der Waals surface area (Å²) in [5.41, 5.74) is 9.14. The van der Waals surface area contributed by atoms with Crippen LogP contribution in [0.25, 0.3) is 110 Å². The summed E-state index contributed by atoms with van der Waals surface area (Å²) in [7, 11) is 0. The highest BCUT2D eigenvalue weighted by atomic mass is 16.3. The van der Waals surface area contributed by atoms with Crippen LogP contribution in [0.2, 0.25) is 0 Å². The Bertz CT molecular complexity index is 3440. The normalized spacial score (nSPS) is 13.3. The number of hydrogen-bond acceptors (Lipinski definition) is 4. The number of nitrogens with zero attached hydrogens (tertiary/aromatic N) is 3. The van der Waals surface area contributed by atoms with Crippen LogP contribution in [0.5, 0.6) is 0 Å². The van der Waals surface area contributed by atoms with Gasteiger partial charge in [-0.3, -0.25) is 0 Å². The van der Waals surface area contributed by atoms with Crippen molar-refractivity contribution in [1.82, 2.24) is 15.0 Å². The van der Waals surface area contributed by atoms with Gasteiger partial charge in [0.15, 0.2) is 17.5 Å². The Morgan fingerprint density at radius 1 is 0.411 bits per heavy atom. The van der Waals surface area contributed by atoms with Gasteiger partial charge in [-0.2, -0.15) is 0 Å². The molecule has 1 aliphatic rings. The van der Waals surface area contributed by atoms with Gasteiger partial charge in [0.05, 0.1) is 0 Å². The van der Waals surface area contributed by atoms with E-state index in [-0.39, 0.29) is 5.41 Å². The largest absolute Gasteiger partial charge is 0.455 e. The molecule has 0 atom stereocenters. The maximum atomic E-state index is 6.82. The Morgan fingerprint density at radius 2 is 1.00 bits per heavy atom. The van der Waals surface area contributed by atoms with Crippen LogP contribution >= 0.6 is 0 Å². The van der Waals surface area contributed by atoms with E-state index in [1.54, 1.807) is 0 Å². The van der Waals surface area contributed by atoms with Gasteiger partial charge in [0.2, 0.25) is 0 Å². The fraction of sp³-hybridized carbons (Fsp3) is 0.0577. The molecular weight excluding hydrogens is 683 g/mol. The van der Waals surface area contributed by atoms with Crippen LogP contribution in [-0.2, 0) is 5.41 Å². The van der Waals surface area contributed by atoms with Crippen molar-refractivity contribution in [3.63, 3.8) is 0 Å². The lowest BCUT2D eigenvalue weighted by molar-refractivity contribution is 0.653.